The van der Waals surface area contributed by atoms with Crippen LogP contribution in [0.1, 0.15) is 19.0 Å². The summed E-state index contributed by atoms with van der Waals surface area (Å²) in [5, 5.41) is 6.05. The average Bonchev–Trinajstić information content (AvgIpc) is 2.70. The summed E-state index contributed by atoms with van der Waals surface area (Å²) in [6.07, 6.45) is 1.05. The average molecular weight is 298 g/mol. The fourth-order valence-electron chi connectivity index (χ4n) is 2.00. The van der Waals surface area contributed by atoms with Crippen LogP contribution in [-0.4, -0.2) is 23.5 Å². The largest absolute Gasteiger partial charge is 0.309 e. The zero-order valence-electron chi connectivity index (χ0n) is 9.96. The number of rotatable bonds is 2. The Labute approximate surface area is 109 Å². The van der Waals surface area contributed by atoms with Crippen molar-refractivity contribution in [2.75, 3.05) is 11.9 Å². The highest BCUT2D eigenvalue weighted by Crippen LogP contribution is 2.18. The predicted octanol–water partition coefficient (Wildman–Crippen LogP) is 2.09. The monoisotopic (exact) mass is 297 g/mol. The molecular weight excluding hydrogens is 282 g/mol. The van der Waals surface area contributed by atoms with Gasteiger partial charge in [-0.1, -0.05) is 6.92 Å². The second-order valence-corrected chi connectivity index (χ2v) is 5.31. The maximum absolute atomic E-state index is 12.0. The number of aromatic nitrogens is 1. The maximum Gasteiger partial charge on any atom is 0.242 e. The number of hydrogen-bond acceptors (Lipinski definition) is 3. The molecule has 2 unspecified atom stereocenters. The molecule has 2 heterocycles. The summed E-state index contributed by atoms with van der Waals surface area (Å²) in [6, 6.07) is 3.60. The van der Waals surface area contributed by atoms with Gasteiger partial charge >= 0.3 is 0 Å². The lowest BCUT2D eigenvalue weighted by Gasteiger charge is -2.15. The molecule has 0 radical (unpaired) electrons. The molecule has 0 aliphatic carbocycles. The SMILES string of the molecule is Cc1nc(NC(=O)C2NCCC2C)ccc1Br. The van der Waals surface area contributed by atoms with Crippen LogP contribution in [0.15, 0.2) is 16.6 Å². The van der Waals surface area contributed by atoms with E-state index < -0.39 is 0 Å². The van der Waals surface area contributed by atoms with Crippen molar-refractivity contribution in [2.24, 2.45) is 5.92 Å². The third-order valence-corrected chi connectivity index (χ3v) is 3.93. The van der Waals surface area contributed by atoms with E-state index in [2.05, 4.69) is 38.5 Å². The number of nitrogens with one attached hydrogen (secondary N) is 2. The number of anilines is 1. The lowest BCUT2D eigenvalue weighted by Crippen LogP contribution is -2.39. The molecule has 17 heavy (non-hydrogen) atoms. The Bertz CT molecular complexity index is 436. The maximum atomic E-state index is 12.0. The Hall–Kier alpha value is -0.940. The van der Waals surface area contributed by atoms with Crippen LogP contribution in [0, 0.1) is 12.8 Å². The van der Waals surface area contributed by atoms with E-state index in [1.807, 2.05) is 13.0 Å². The van der Waals surface area contributed by atoms with Crippen molar-refractivity contribution in [3.05, 3.63) is 22.3 Å². The van der Waals surface area contributed by atoms with Crippen LogP contribution in [0.2, 0.25) is 0 Å². The van der Waals surface area contributed by atoms with Crippen molar-refractivity contribution >= 4 is 27.7 Å². The van der Waals surface area contributed by atoms with Gasteiger partial charge in [0.15, 0.2) is 0 Å². The van der Waals surface area contributed by atoms with Crippen molar-refractivity contribution in [2.45, 2.75) is 26.3 Å². The zero-order chi connectivity index (χ0) is 12.4. The molecule has 1 aliphatic heterocycles. The van der Waals surface area contributed by atoms with Gasteiger partial charge in [-0.15, -0.1) is 0 Å². The molecule has 5 heteroatoms. The van der Waals surface area contributed by atoms with Crippen molar-refractivity contribution in [3.8, 4) is 0 Å². The van der Waals surface area contributed by atoms with Gasteiger partial charge in [0.1, 0.15) is 5.82 Å². The number of carbonyl (C=O) groups is 1. The van der Waals surface area contributed by atoms with Gasteiger partial charge in [-0.05, 0) is 53.9 Å². The summed E-state index contributed by atoms with van der Waals surface area (Å²) in [6.45, 7) is 4.90. The second kappa shape index (κ2) is 5.14. The minimum absolute atomic E-state index is 0.00391. The first-order chi connectivity index (χ1) is 8.08. The van der Waals surface area contributed by atoms with Gasteiger partial charge in [-0.2, -0.15) is 0 Å². The summed E-state index contributed by atoms with van der Waals surface area (Å²) >= 11 is 3.38. The normalized spacial score (nSPS) is 23.7. The standard InChI is InChI=1S/C12H16BrN3O/c1-7-5-6-14-11(7)12(17)16-10-4-3-9(13)8(2)15-10/h3-4,7,11,14H,5-6H2,1-2H3,(H,15,16,17). The highest BCUT2D eigenvalue weighted by atomic mass is 79.9. The fraction of sp³-hybridized carbons (Fsp3) is 0.500. The summed E-state index contributed by atoms with van der Waals surface area (Å²) < 4.78 is 0.947. The van der Waals surface area contributed by atoms with Crippen molar-refractivity contribution in [1.29, 1.82) is 0 Å². The molecule has 1 saturated heterocycles. The number of pyridine rings is 1. The quantitative estimate of drug-likeness (QED) is 0.879. The third-order valence-electron chi connectivity index (χ3n) is 3.09. The van der Waals surface area contributed by atoms with E-state index in [-0.39, 0.29) is 11.9 Å². The molecule has 1 aliphatic rings. The van der Waals surface area contributed by atoms with Crippen LogP contribution in [-0.2, 0) is 4.79 Å². The van der Waals surface area contributed by atoms with Gasteiger partial charge in [-0.25, -0.2) is 4.98 Å². The van der Waals surface area contributed by atoms with Gasteiger partial charge < -0.3 is 10.6 Å². The van der Waals surface area contributed by atoms with E-state index in [1.165, 1.54) is 0 Å². The first-order valence-corrected chi connectivity index (χ1v) is 6.54. The Kier molecular flexibility index (Phi) is 3.79. The van der Waals surface area contributed by atoms with Crippen molar-refractivity contribution in [3.63, 3.8) is 0 Å². The Balaban J connectivity index is 2.05. The topological polar surface area (TPSA) is 54.0 Å². The molecule has 92 valence electrons. The van der Waals surface area contributed by atoms with Gasteiger partial charge in [0, 0.05) is 4.47 Å². The predicted molar refractivity (Wildman–Crippen MR) is 70.9 cm³/mol. The highest BCUT2D eigenvalue weighted by molar-refractivity contribution is 9.10. The molecular formula is C12H16BrN3O. The van der Waals surface area contributed by atoms with Crippen LogP contribution in [0.25, 0.3) is 0 Å². The summed E-state index contributed by atoms with van der Waals surface area (Å²) in [7, 11) is 0. The van der Waals surface area contributed by atoms with Crippen LogP contribution in [0.5, 0.6) is 0 Å². The molecule has 0 saturated carbocycles. The van der Waals surface area contributed by atoms with E-state index >= 15 is 0 Å². The van der Waals surface area contributed by atoms with Crippen LogP contribution in [0.4, 0.5) is 5.82 Å². The fourth-order valence-corrected chi connectivity index (χ4v) is 2.22. The lowest BCUT2D eigenvalue weighted by atomic mass is 10.0. The first-order valence-electron chi connectivity index (χ1n) is 5.75. The lowest BCUT2D eigenvalue weighted by molar-refractivity contribution is -0.118. The zero-order valence-corrected chi connectivity index (χ0v) is 11.5. The first kappa shape index (κ1) is 12.5. The summed E-state index contributed by atoms with van der Waals surface area (Å²) in [4.78, 5) is 16.3. The van der Waals surface area contributed by atoms with Crippen LogP contribution in [0.3, 0.4) is 0 Å². The molecule has 2 rings (SSSR count). The van der Waals surface area contributed by atoms with Crippen molar-refractivity contribution < 1.29 is 4.79 Å². The third kappa shape index (κ3) is 2.84. The molecule has 0 aromatic carbocycles. The molecule has 2 N–H and O–H groups in total. The molecule has 1 aromatic rings. The molecule has 1 aromatic heterocycles. The number of nitrogens with zero attached hydrogens (tertiary/aromatic N) is 1. The smallest absolute Gasteiger partial charge is 0.242 e. The second-order valence-electron chi connectivity index (χ2n) is 4.45. The van der Waals surface area contributed by atoms with Crippen LogP contribution >= 0.6 is 15.9 Å². The van der Waals surface area contributed by atoms with Gasteiger partial charge in [0.2, 0.25) is 5.91 Å². The van der Waals surface area contributed by atoms with Crippen molar-refractivity contribution in [1.82, 2.24) is 10.3 Å². The Morgan fingerprint density at radius 2 is 2.35 bits per heavy atom. The van der Waals surface area contributed by atoms with E-state index in [9.17, 15) is 4.79 Å². The van der Waals surface area contributed by atoms with Gasteiger partial charge in [0.25, 0.3) is 0 Å². The summed E-state index contributed by atoms with van der Waals surface area (Å²) in [5.41, 5.74) is 0.871. The van der Waals surface area contributed by atoms with E-state index in [0.717, 1.165) is 23.1 Å². The summed E-state index contributed by atoms with van der Waals surface area (Å²) in [5.74, 6) is 0.993. The van der Waals surface area contributed by atoms with E-state index in [4.69, 9.17) is 0 Å². The molecule has 4 nitrogen and oxygen atoms in total. The molecule has 0 bridgehead atoms. The molecule has 2 atom stereocenters. The van der Waals surface area contributed by atoms with Crippen LogP contribution < -0.4 is 10.6 Å². The Morgan fingerprint density at radius 3 is 2.94 bits per heavy atom. The number of aryl methyl sites for hydroxylation is 1. The molecule has 1 fully saturated rings. The number of halogens is 1. The van der Waals surface area contributed by atoms with E-state index in [0.29, 0.717) is 11.7 Å². The molecule has 1 amide bonds. The van der Waals surface area contributed by atoms with Gasteiger partial charge in [0.05, 0.1) is 11.7 Å². The number of hydrogen-bond donors (Lipinski definition) is 2. The Morgan fingerprint density at radius 1 is 1.59 bits per heavy atom. The number of carbonyl (C=O) groups excluding carboxylic acids is 1. The van der Waals surface area contributed by atoms with E-state index in [1.54, 1.807) is 6.07 Å². The minimum atomic E-state index is -0.0965. The number of amides is 1. The highest BCUT2D eigenvalue weighted by Gasteiger charge is 2.29. The molecule has 0 spiro atoms. The van der Waals surface area contributed by atoms with Gasteiger partial charge in [-0.3, -0.25) is 4.79 Å². The minimum Gasteiger partial charge on any atom is -0.309 e.